The van der Waals surface area contributed by atoms with Gasteiger partial charge in [-0.05, 0) is 63.2 Å². The molecule has 6 rings (SSSR count). The number of H-pyrrole nitrogens is 1. The summed E-state index contributed by atoms with van der Waals surface area (Å²) < 4.78 is 26.2. The van der Waals surface area contributed by atoms with Crippen molar-refractivity contribution in [3.8, 4) is 5.75 Å². The van der Waals surface area contributed by atoms with E-state index in [1.54, 1.807) is 30.0 Å². The van der Waals surface area contributed by atoms with Crippen molar-refractivity contribution < 1.29 is 18.8 Å². The first-order valence-electron chi connectivity index (χ1n) is 14.7. The lowest BCUT2D eigenvalue weighted by Gasteiger charge is -2.48. The summed E-state index contributed by atoms with van der Waals surface area (Å²) in [6.07, 6.45) is 5.04. The van der Waals surface area contributed by atoms with Crippen LogP contribution in [0.3, 0.4) is 0 Å². The molecule has 0 atom stereocenters. The molecule has 3 saturated heterocycles. The maximum Gasteiger partial charge on any atom is 0.269 e. The van der Waals surface area contributed by atoms with E-state index >= 15 is 0 Å². The molecular weight excluding hydrogens is 561 g/mol. The summed E-state index contributed by atoms with van der Waals surface area (Å²) in [6, 6.07) is 10.2. The number of thioether (sulfide) groups is 1. The summed E-state index contributed by atoms with van der Waals surface area (Å²) in [7, 11) is 0. The van der Waals surface area contributed by atoms with Crippen LogP contribution in [0.5, 0.6) is 5.75 Å². The van der Waals surface area contributed by atoms with Crippen LogP contribution >= 0.6 is 11.8 Å². The lowest BCUT2D eigenvalue weighted by atomic mass is 9.92. The maximum atomic E-state index is 14.8. The third-order valence-electron chi connectivity index (χ3n) is 8.66. The molecule has 0 spiro atoms. The van der Waals surface area contributed by atoms with Crippen LogP contribution in [-0.2, 0) is 10.5 Å². The van der Waals surface area contributed by atoms with Crippen molar-refractivity contribution in [2.75, 3.05) is 50.9 Å². The van der Waals surface area contributed by atoms with E-state index in [4.69, 9.17) is 9.47 Å². The minimum absolute atomic E-state index is 0.0299. The molecular formula is C30H36FN5O5S. The molecule has 1 aromatic heterocycles. The Kier molecular flexibility index (Phi) is 8.92. The number of rotatable bonds is 10. The lowest BCUT2D eigenvalue weighted by molar-refractivity contribution is -0.384. The molecule has 2 aromatic carbocycles. The van der Waals surface area contributed by atoms with Crippen LogP contribution < -0.4 is 15.2 Å². The number of hydrogen-bond acceptors (Lipinski definition) is 9. The molecule has 0 bridgehead atoms. The Labute approximate surface area is 247 Å². The molecule has 0 saturated carbocycles. The van der Waals surface area contributed by atoms with E-state index in [9.17, 15) is 19.3 Å². The number of non-ortho nitro benzene ring substituents is 1. The zero-order chi connectivity index (χ0) is 29.1. The minimum atomic E-state index is -0.614. The van der Waals surface area contributed by atoms with E-state index in [1.165, 1.54) is 6.07 Å². The average molecular weight is 598 g/mol. The van der Waals surface area contributed by atoms with Gasteiger partial charge in [0.15, 0.2) is 0 Å². The predicted octanol–water partition coefficient (Wildman–Crippen LogP) is 4.75. The van der Waals surface area contributed by atoms with Gasteiger partial charge >= 0.3 is 0 Å². The van der Waals surface area contributed by atoms with Gasteiger partial charge in [0.05, 0.1) is 22.8 Å². The smallest absolute Gasteiger partial charge is 0.269 e. The number of anilines is 1. The number of nitro benzene ring substituents is 1. The summed E-state index contributed by atoms with van der Waals surface area (Å²) >= 11 is 1.75. The van der Waals surface area contributed by atoms with Gasteiger partial charge in [0.2, 0.25) is 0 Å². The van der Waals surface area contributed by atoms with Crippen molar-refractivity contribution >= 4 is 34.0 Å². The number of ether oxygens (including phenoxy) is 2. The standard InChI is InChI=1S/C30H36FN5O5S/c31-26-15-24(16-27-29(26)30(37)33-28(32-27)19-42-25-8-12-40-13-9-25)41-14-7-20-5-10-34(11-6-20)23-17-35(18-23)21-1-3-22(4-2-21)36(38)39/h1-4,15-16,20,23,25H,5-14,17-19H2,(H,32,33,37). The highest BCUT2D eigenvalue weighted by Gasteiger charge is 2.34. The number of nitrogens with one attached hydrogen (secondary N) is 1. The summed E-state index contributed by atoms with van der Waals surface area (Å²) in [6.45, 7) is 5.96. The van der Waals surface area contributed by atoms with Gasteiger partial charge in [-0.15, -0.1) is 0 Å². The van der Waals surface area contributed by atoms with Crippen LogP contribution in [-0.4, -0.2) is 77.1 Å². The van der Waals surface area contributed by atoms with Gasteiger partial charge in [0.1, 0.15) is 22.8 Å². The number of benzene rings is 2. The molecule has 0 unspecified atom stereocenters. The predicted molar refractivity (Wildman–Crippen MR) is 161 cm³/mol. The fraction of sp³-hybridized carbons (Fsp3) is 0.533. The lowest BCUT2D eigenvalue weighted by Crippen LogP contribution is -2.61. The van der Waals surface area contributed by atoms with Gasteiger partial charge in [-0.3, -0.25) is 19.8 Å². The molecule has 4 heterocycles. The van der Waals surface area contributed by atoms with E-state index < -0.39 is 11.4 Å². The van der Waals surface area contributed by atoms with Crippen LogP contribution in [0, 0.1) is 21.8 Å². The van der Waals surface area contributed by atoms with Gasteiger partial charge in [0, 0.05) is 67.5 Å². The van der Waals surface area contributed by atoms with Crippen molar-refractivity contribution in [1.29, 1.82) is 0 Å². The van der Waals surface area contributed by atoms with E-state index in [2.05, 4.69) is 19.8 Å². The Morgan fingerprint density at radius 3 is 2.57 bits per heavy atom. The molecule has 3 aromatic rings. The summed E-state index contributed by atoms with van der Waals surface area (Å²) in [5.74, 6) is 1.45. The highest BCUT2D eigenvalue weighted by atomic mass is 32.2. The largest absolute Gasteiger partial charge is 0.493 e. The van der Waals surface area contributed by atoms with E-state index in [1.807, 2.05) is 12.1 Å². The van der Waals surface area contributed by atoms with Crippen LogP contribution in [0.2, 0.25) is 0 Å². The second-order valence-electron chi connectivity index (χ2n) is 11.4. The first-order valence-corrected chi connectivity index (χ1v) is 15.8. The monoisotopic (exact) mass is 597 g/mol. The summed E-state index contributed by atoms with van der Waals surface area (Å²) in [4.78, 5) is 35.2. The first kappa shape index (κ1) is 28.9. The quantitative estimate of drug-likeness (QED) is 0.261. The third-order valence-corrected chi connectivity index (χ3v) is 10.0. The molecule has 3 fully saturated rings. The van der Waals surface area contributed by atoms with E-state index in [-0.39, 0.29) is 16.0 Å². The number of aromatic nitrogens is 2. The van der Waals surface area contributed by atoms with Gasteiger partial charge in [0.25, 0.3) is 11.2 Å². The molecule has 42 heavy (non-hydrogen) atoms. The number of piperidine rings is 1. The van der Waals surface area contributed by atoms with Gasteiger partial charge in [-0.25, -0.2) is 9.37 Å². The normalized spacial score (nSPS) is 19.2. The van der Waals surface area contributed by atoms with E-state index in [0.29, 0.717) is 46.7 Å². The Balaban J connectivity index is 0.957. The van der Waals surface area contributed by atoms with Gasteiger partial charge < -0.3 is 19.4 Å². The van der Waals surface area contributed by atoms with Crippen LogP contribution in [0.15, 0.2) is 41.2 Å². The van der Waals surface area contributed by atoms with Crippen molar-refractivity contribution in [1.82, 2.24) is 14.9 Å². The second kappa shape index (κ2) is 13.0. The zero-order valence-corrected chi connectivity index (χ0v) is 24.3. The van der Waals surface area contributed by atoms with Crippen molar-refractivity contribution in [3.63, 3.8) is 0 Å². The fourth-order valence-electron chi connectivity index (χ4n) is 6.07. The van der Waals surface area contributed by atoms with Crippen molar-refractivity contribution in [2.45, 2.75) is 49.1 Å². The molecule has 224 valence electrons. The highest BCUT2D eigenvalue weighted by Crippen LogP contribution is 2.30. The molecule has 3 aliphatic heterocycles. The molecule has 0 aliphatic carbocycles. The average Bonchev–Trinajstić information content (AvgIpc) is 2.96. The van der Waals surface area contributed by atoms with Gasteiger partial charge in [-0.1, -0.05) is 0 Å². The van der Waals surface area contributed by atoms with Gasteiger partial charge in [-0.2, -0.15) is 11.8 Å². The fourth-order valence-corrected chi connectivity index (χ4v) is 7.13. The molecule has 1 N–H and O–H groups in total. The summed E-state index contributed by atoms with van der Waals surface area (Å²) in [5.41, 5.74) is 1.01. The number of nitrogens with zero attached hydrogens (tertiary/aromatic N) is 4. The zero-order valence-electron chi connectivity index (χ0n) is 23.5. The number of likely N-dealkylation sites (tertiary alicyclic amines) is 1. The van der Waals surface area contributed by atoms with Crippen molar-refractivity contribution in [3.05, 3.63) is 68.5 Å². The number of fused-ring (bicyclic) bond motifs is 1. The Bertz CT molecular complexity index is 1450. The topological polar surface area (TPSA) is 114 Å². The van der Waals surface area contributed by atoms with Crippen LogP contribution in [0.1, 0.15) is 37.9 Å². The molecule has 0 radical (unpaired) electrons. The van der Waals surface area contributed by atoms with Crippen molar-refractivity contribution in [2.24, 2.45) is 5.92 Å². The molecule has 3 aliphatic rings. The van der Waals surface area contributed by atoms with E-state index in [0.717, 1.165) is 77.2 Å². The number of aromatic amines is 1. The minimum Gasteiger partial charge on any atom is -0.493 e. The Morgan fingerprint density at radius 1 is 1.12 bits per heavy atom. The number of halogens is 1. The SMILES string of the molecule is O=c1[nH]c(CSC2CCOCC2)nc2cc(OCCC3CCN(C4CN(c5ccc([N+](=O)[O-])cc5)C4)CC3)cc(F)c12. The number of hydrogen-bond donors (Lipinski definition) is 1. The van der Waals surface area contributed by atoms with Crippen LogP contribution in [0.25, 0.3) is 10.9 Å². The van der Waals surface area contributed by atoms with Crippen LogP contribution in [0.4, 0.5) is 15.8 Å². The third kappa shape index (κ3) is 6.71. The second-order valence-corrected chi connectivity index (χ2v) is 12.7. The maximum absolute atomic E-state index is 14.8. The first-order chi connectivity index (χ1) is 20.4. The molecule has 12 heteroatoms. The molecule has 0 amide bonds. The Hall–Kier alpha value is -3.22. The summed E-state index contributed by atoms with van der Waals surface area (Å²) in [5, 5.41) is 11.3. The molecule has 10 nitrogen and oxygen atoms in total. The highest BCUT2D eigenvalue weighted by molar-refractivity contribution is 7.99. The Morgan fingerprint density at radius 2 is 1.86 bits per heavy atom. The number of nitro groups is 1.